The third-order valence-electron chi connectivity index (χ3n) is 6.44. The highest BCUT2D eigenvalue weighted by Gasteiger charge is 2.37. The summed E-state index contributed by atoms with van der Waals surface area (Å²) in [7, 11) is 0. The maximum absolute atomic E-state index is 13.3. The van der Waals surface area contributed by atoms with Crippen LogP contribution in [0.15, 0.2) is 35.7 Å². The second kappa shape index (κ2) is 8.78. The van der Waals surface area contributed by atoms with E-state index in [0.717, 1.165) is 44.8 Å². The Hall–Kier alpha value is -1.37. The number of thiophene rings is 1. The lowest BCUT2D eigenvalue weighted by Gasteiger charge is -2.31. The van der Waals surface area contributed by atoms with Crippen LogP contribution in [0.25, 0.3) is 0 Å². The number of aryl methyl sites for hydroxylation is 1. The lowest BCUT2D eigenvalue weighted by molar-refractivity contribution is -0.137. The molecule has 4 rings (SSSR count). The molecule has 0 amide bonds. The second-order valence-electron chi connectivity index (χ2n) is 8.57. The first kappa shape index (κ1) is 20.9. The fourth-order valence-corrected chi connectivity index (χ4v) is 5.79. The Kier molecular flexibility index (Phi) is 6.32. The monoisotopic (exact) mass is 422 g/mol. The van der Waals surface area contributed by atoms with Crippen LogP contribution in [0.1, 0.15) is 46.7 Å². The minimum absolute atomic E-state index is 0.152. The molecule has 2 nitrogen and oxygen atoms in total. The Morgan fingerprint density at radius 3 is 2.52 bits per heavy atom. The van der Waals surface area contributed by atoms with Gasteiger partial charge in [-0.05, 0) is 67.4 Å². The van der Waals surface area contributed by atoms with Crippen LogP contribution in [0, 0.1) is 12.8 Å². The van der Waals surface area contributed by atoms with Gasteiger partial charge in [0.25, 0.3) is 0 Å². The zero-order valence-electron chi connectivity index (χ0n) is 16.9. The van der Waals surface area contributed by atoms with E-state index in [1.165, 1.54) is 41.8 Å². The predicted octanol–water partition coefficient (Wildman–Crippen LogP) is 5.78. The van der Waals surface area contributed by atoms with Gasteiger partial charge in [0.1, 0.15) is 0 Å². The Labute approximate surface area is 175 Å². The van der Waals surface area contributed by atoms with Crippen LogP contribution in [0.3, 0.4) is 0 Å². The molecular weight excluding hydrogens is 393 g/mol. The van der Waals surface area contributed by atoms with Crippen molar-refractivity contribution in [1.82, 2.24) is 9.80 Å². The molecule has 6 heteroatoms. The molecule has 158 valence electrons. The van der Waals surface area contributed by atoms with E-state index in [2.05, 4.69) is 28.2 Å². The standard InChI is InChI=1S/C23H29F3N2S/c1-17-8-11-29-22(17)16-28-14-19(13-27-9-3-2-4-10-27)21(15-28)18-6-5-7-20(12-18)23(24,25)26/h5-8,11-12,19,21H,2-4,9-10,13-16H2,1H3/t19-,21+/m0/s1. The van der Waals surface area contributed by atoms with Crippen molar-refractivity contribution in [2.24, 2.45) is 5.92 Å². The maximum atomic E-state index is 13.3. The SMILES string of the molecule is Cc1ccsc1CN1C[C@H](CN2CCCCC2)[C@@H](c2cccc(C(F)(F)F)c2)C1. The molecule has 3 heterocycles. The number of benzene rings is 1. The van der Waals surface area contributed by atoms with E-state index in [1.807, 2.05) is 6.07 Å². The first-order valence-corrected chi connectivity index (χ1v) is 11.4. The Morgan fingerprint density at radius 2 is 1.83 bits per heavy atom. The van der Waals surface area contributed by atoms with E-state index in [4.69, 9.17) is 0 Å². The van der Waals surface area contributed by atoms with E-state index in [-0.39, 0.29) is 5.92 Å². The van der Waals surface area contributed by atoms with Gasteiger partial charge in [0.15, 0.2) is 0 Å². The van der Waals surface area contributed by atoms with Gasteiger partial charge in [-0.25, -0.2) is 0 Å². The van der Waals surface area contributed by atoms with Crippen LogP contribution in [0.5, 0.6) is 0 Å². The molecule has 1 aromatic carbocycles. The first-order valence-electron chi connectivity index (χ1n) is 10.5. The molecule has 2 aromatic rings. The number of rotatable bonds is 5. The number of piperidine rings is 1. The van der Waals surface area contributed by atoms with Gasteiger partial charge in [-0.3, -0.25) is 4.90 Å². The third-order valence-corrected chi connectivity index (χ3v) is 7.44. The molecule has 0 radical (unpaired) electrons. The fourth-order valence-electron chi connectivity index (χ4n) is 4.84. The van der Waals surface area contributed by atoms with E-state index in [0.29, 0.717) is 5.92 Å². The molecule has 0 spiro atoms. The summed E-state index contributed by atoms with van der Waals surface area (Å²) in [5.41, 5.74) is 1.62. The summed E-state index contributed by atoms with van der Waals surface area (Å²) < 4.78 is 39.8. The van der Waals surface area contributed by atoms with Crippen molar-refractivity contribution in [1.29, 1.82) is 0 Å². The van der Waals surface area contributed by atoms with Crippen molar-refractivity contribution in [3.63, 3.8) is 0 Å². The van der Waals surface area contributed by atoms with Gasteiger partial charge in [0.2, 0.25) is 0 Å². The van der Waals surface area contributed by atoms with Crippen molar-refractivity contribution in [2.75, 3.05) is 32.7 Å². The average Bonchev–Trinajstić information content (AvgIpc) is 3.28. The average molecular weight is 423 g/mol. The zero-order chi connectivity index (χ0) is 20.4. The molecular formula is C23H29F3N2S. The summed E-state index contributed by atoms with van der Waals surface area (Å²) in [5, 5.41) is 2.12. The largest absolute Gasteiger partial charge is 0.416 e. The molecule has 2 saturated heterocycles. The molecule has 0 aliphatic carbocycles. The molecule has 2 atom stereocenters. The lowest BCUT2D eigenvalue weighted by Crippen LogP contribution is -2.36. The van der Waals surface area contributed by atoms with Crippen molar-refractivity contribution < 1.29 is 13.2 Å². The number of likely N-dealkylation sites (tertiary alicyclic amines) is 2. The quantitative estimate of drug-likeness (QED) is 0.603. The van der Waals surface area contributed by atoms with Gasteiger partial charge in [0.05, 0.1) is 5.56 Å². The van der Waals surface area contributed by atoms with E-state index in [1.54, 1.807) is 17.4 Å². The van der Waals surface area contributed by atoms with Crippen LogP contribution in [-0.4, -0.2) is 42.5 Å². The first-order chi connectivity index (χ1) is 13.9. The van der Waals surface area contributed by atoms with Crippen molar-refractivity contribution >= 4 is 11.3 Å². The second-order valence-corrected chi connectivity index (χ2v) is 9.57. The third kappa shape index (κ3) is 5.04. The summed E-state index contributed by atoms with van der Waals surface area (Å²) in [6.45, 7) is 8.05. The summed E-state index contributed by atoms with van der Waals surface area (Å²) in [6, 6.07) is 8.18. The van der Waals surface area contributed by atoms with E-state index < -0.39 is 11.7 Å². The highest BCUT2D eigenvalue weighted by atomic mass is 32.1. The normalized spacial score (nSPS) is 24.3. The van der Waals surface area contributed by atoms with E-state index >= 15 is 0 Å². The zero-order valence-corrected chi connectivity index (χ0v) is 17.7. The van der Waals surface area contributed by atoms with Crippen molar-refractivity contribution in [3.8, 4) is 0 Å². The molecule has 2 aliphatic heterocycles. The maximum Gasteiger partial charge on any atom is 0.416 e. The van der Waals surface area contributed by atoms with Gasteiger partial charge < -0.3 is 4.90 Å². The predicted molar refractivity (Wildman–Crippen MR) is 112 cm³/mol. The Bertz CT molecular complexity index is 810. The van der Waals surface area contributed by atoms with Gasteiger partial charge >= 0.3 is 6.18 Å². The Balaban J connectivity index is 1.55. The van der Waals surface area contributed by atoms with Crippen molar-refractivity contribution in [3.05, 3.63) is 57.3 Å². The number of alkyl halides is 3. The molecule has 2 aliphatic rings. The fraction of sp³-hybridized carbons (Fsp3) is 0.565. The highest BCUT2D eigenvalue weighted by Crippen LogP contribution is 2.38. The number of halogens is 3. The van der Waals surface area contributed by atoms with Gasteiger partial charge in [-0.15, -0.1) is 11.3 Å². The molecule has 1 aromatic heterocycles. The Morgan fingerprint density at radius 1 is 1.03 bits per heavy atom. The summed E-state index contributed by atoms with van der Waals surface area (Å²) in [5.74, 6) is 0.524. The smallest absolute Gasteiger partial charge is 0.303 e. The molecule has 0 bridgehead atoms. The number of hydrogen-bond donors (Lipinski definition) is 0. The van der Waals surface area contributed by atoms with Crippen LogP contribution in [0.4, 0.5) is 13.2 Å². The molecule has 0 unspecified atom stereocenters. The topological polar surface area (TPSA) is 6.48 Å². The van der Waals surface area contributed by atoms with E-state index in [9.17, 15) is 13.2 Å². The number of hydrogen-bond acceptors (Lipinski definition) is 3. The highest BCUT2D eigenvalue weighted by molar-refractivity contribution is 7.10. The minimum Gasteiger partial charge on any atom is -0.303 e. The molecule has 0 saturated carbocycles. The van der Waals surface area contributed by atoms with Crippen molar-refractivity contribution in [2.45, 2.75) is 44.8 Å². The summed E-state index contributed by atoms with van der Waals surface area (Å²) >= 11 is 1.78. The van der Waals surface area contributed by atoms with Crippen LogP contribution in [0.2, 0.25) is 0 Å². The number of nitrogens with zero attached hydrogens (tertiary/aromatic N) is 2. The van der Waals surface area contributed by atoms with Gasteiger partial charge in [-0.2, -0.15) is 13.2 Å². The molecule has 0 N–H and O–H groups in total. The lowest BCUT2D eigenvalue weighted by atomic mass is 9.87. The minimum atomic E-state index is -4.29. The van der Waals surface area contributed by atoms with Crippen LogP contribution < -0.4 is 0 Å². The summed E-state index contributed by atoms with van der Waals surface area (Å²) in [6.07, 6.45) is -0.523. The van der Waals surface area contributed by atoms with Crippen LogP contribution in [-0.2, 0) is 12.7 Å². The van der Waals surface area contributed by atoms with Crippen LogP contribution >= 0.6 is 11.3 Å². The van der Waals surface area contributed by atoms with Gasteiger partial charge in [-0.1, -0.05) is 24.6 Å². The van der Waals surface area contributed by atoms with Gasteiger partial charge in [0, 0.05) is 37.0 Å². The molecule has 29 heavy (non-hydrogen) atoms. The molecule has 2 fully saturated rings. The summed E-state index contributed by atoms with van der Waals surface area (Å²) in [4.78, 5) is 6.33.